The van der Waals surface area contributed by atoms with Gasteiger partial charge in [-0.3, -0.25) is 4.57 Å². The number of aliphatic hydroxyl groups excluding tert-OH is 1. The highest BCUT2D eigenvalue weighted by Crippen LogP contribution is 2.35. The summed E-state index contributed by atoms with van der Waals surface area (Å²) in [5.41, 5.74) is 4.69. The predicted molar refractivity (Wildman–Crippen MR) is 74.0 cm³/mol. The zero-order chi connectivity index (χ0) is 16.3. The van der Waals surface area contributed by atoms with Crippen molar-refractivity contribution in [1.82, 2.24) is 9.55 Å². The van der Waals surface area contributed by atoms with Crippen molar-refractivity contribution >= 4 is 14.1 Å². The quantitative estimate of drug-likeness (QED) is 0.566. The third-order valence-corrected chi connectivity index (χ3v) is 3.56. The van der Waals surface area contributed by atoms with Crippen LogP contribution < -0.4 is 11.4 Å². The Hall–Kier alpha value is -1.42. The van der Waals surface area contributed by atoms with Gasteiger partial charge < -0.3 is 20.3 Å². The lowest BCUT2D eigenvalue weighted by Gasteiger charge is -2.16. The van der Waals surface area contributed by atoms with Gasteiger partial charge in [-0.25, -0.2) is 4.79 Å². The van der Waals surface area contributed by atoms with Crippen LogP contribution in [0.2, 0.25) is 0 Å². The maximum atomic E-state index is 11.8. The number of anilines is 1. The number of nitrogens with two attached hydrogens (primary N) is 1. The highest BCUT2D eigenvalue weighted by molar-refractivity contribution is 7.32. The molecule has 1 aromatic heterocycles. The number of hydrogen-bond donors (Lipinski definition) is 3. The lowest BCUT2D eigenvalue weighted by Crippen LogP contribution is -2.37. The lowest BCUT2D eigenvalue weighted by atomic mass is 10.1. The molecule has 0 radical (unpaired) electrons. The summed E-state index contributed by atoms with van der Waals surface area (Å²) in [5.74, 6) is 0.0332. The van der Waals surface area contributed by atoms with Gasteiger partial charge >= 0.3 is 13.9 Å². The van der Waals surface area contributed by atoms with Crippen LogP contribution >= 0.6 is 8.25 Å². The zero-order valence-corrected chi connectivity index (χ0v) is 12.6. The van der Waals surface area contributed by atoms with Gasteiger partial charge in [0.15, 0.2) is 12.3 Å². The van der Waals surface area contributed by atoms with Crippen LogP contribution in [0, 0.1) is 0 Å². The summed E-state index contributed by atoms with van der Waals surface area (Å²) in [6, 6.07) is 1.37. The lowest BCUT2D eigenvalue weighted by molar-refractivity contribution is -0.0657. The molecule has 2 heterocycles. The van der Waals surface area contributed by atoms with E-state index in [1.165, 1.54) is 12.3 Å². The van der Waals surface area contributed by atoms with E-state index < -0.39 is 38.5 Å². The Morgan fingerprint density at radius 3 is 2.91 bits per heavy atom. The summed E-state index contributed by atoms with van der Waals surface area (Å²) in [4.78, 5) is 24.3. The van der Waals surface area contributed by atoms with Crippen LogP contribution in [-0.4, -0.2) is 51.1 Å². The number of hydrogen-bond acceptors (Lipinski definition) is 8. The minimum absolute atomic E-state index is 0.0332. The molecular formula is C11H17N3O7P+. The molecule has 0 aromatic carbocycles. The minimum atomic E-state index is -2.95. The molecular weight excluding hydrogens is 317 g/mol. The summed E-state index contributed by atoms with van der Waals surface area (Å²) in [5, 5.41) is 10.3. The number of aromatic nitrogens is 2. The first-order valence-corrected chi connectivity index (χ1v) is 7.66. The molecule has 0 spiro atoms. The van der Waals surface area contributed by atoms with Crippen molar-refractivity contribution in [3.63, 3.8) is 0 Å². The molecule has 5 atom stereocenters. The van der Waals surface area contributed by atoms with Crippen molar-refractivity contribution in [3.05, 3.63) is 22.7 Å². The summed E-state index contributed by atoms with van der Waals surface area (Å²) < 4.78 is 27.5. The molecule has 4 N–H and O–H groups in total. The first-order chi connectivity index (χ1) is 10.4. The van der Waals surface area contributed by atoms with Gasteiger partial charge in [0.05, 0.1) is 6.61 Å². The predicted octanol–water partition coefficient (Wildman–Crippen LogP) is -0.845. The van der Waals surface area contributed by atoms with E-state index in [0.717, 1.165) is 4.57 Å². The Kier molecular flexibility index (Phi) is 5.57. The van der Waals surface area contributed by atoms with Gasteiger partial charge in [-0.15, -0.1) is 9.42 Å². The smallest absolute Gasteiger partial charge is 0.385 e. The monoisotopic (exact) mass is 334 g/mol. The second kappa shape index (κ2) is 7.23. The molecule has 1 unspecified atom stereocenters. The highest BCUT2D eigenvalue weighted by atomic mass is 31.1. The number of rotatable bonds is 6. The molecule has 122 valence electrons. The number of ether oxygens (including phenoxy) is 2. The molecule has 11 heteroatoms. The van der Waals surface area contributed by atoms with Gasteiger partial charge in [0.2, 0.25) is 0 Å². The van der Waals surface area contributed by atoms with Gasteiger partial charge in [0.25, 0.3) is 0 Å². The molecule has 0 saturated carbocycles. The molecule has 1 saturated heterocycles. The second-order valence-corrected chi connectivity index (χ2v) is 5.25. The van der Waals surface area contributed by atoms with Crippen molar-refractivity contribution in [3.8, 4) is 0 Å². The normalized spacial score (nSPS) is 28.8. The highest BCUT2D eigenvalue weighted by Gasteiger charge is 2.50. The van der Waals surface area contributed by atoms with E-state index in [2.05, 4.69) is 4.98 Å². The molecule has 1 aliphatic heterocycles. The van der Waals surface area contributed by atoms with Gasteiger partial charge in [0.1, 0.15) is 18.0 Å². The van der Waals surface area contributed by atoms with E-state index in [-0.39, 0.29) is 12.4 Å². The summed E-state index contributed by atoms with van der Waals surface area (Å²) in [6.07, 6.45) is -3.08. The van der Waals surface area contributed by atoms with Crippen molar-refractivity contribution in [1.29, 1.82) is 0 Å². The van der Waals surface area contributed by atoms with E-state index in [4.69, 9.17) is 24.6 Å². The molecule has 10 nitrogen and oxygen atoms in total. The minimum Gasteiger partial charge on any atom is -0.385 e. The van der Waals surface area contributed by atoms with E-state index in [9.17, 15) is 14.5 Å². The van der Waals surface area contributed by atoms with Crippen LogP contribution in [0.4, 0.5) is 5.82 Å². The molecule has 2 rings (SSSR count). The fraction of sp³-hybridized carbons (Fsp3) is 0.636. The first kappa shape index (κ1) is 16.9. The van der Waals surface area contributed by atoms with Crippen LogP contribution in [0.5, 0.6) is 0 Å². The summed E-state index contributed by atoms with van der Waals surface area (Å²) >= 11 is 0. The van der Waals surface area contributed by atoms with E-state index in [0.29, 0.717) is 6.61 Å². The molecule has 1 aliphatic rings. The average Bonchev–Trinajstić information content (AvgIpc) is 2.73. The van der Waals surface area contributed by atoms with E-state index in [1.807, 2.05) is 0 Å². The maximum Gasteiger partial charge on any atom is 0.695 e. The molecule has 0 aliphatic carbocycles. The first-order valence-electron chi connectivity index (χ1n) is 6.53. The maximum absolute atomic E-state index is 11.8. The third-order valence-electron chi connectivity index (χ3n) is 3.13. The molecule has 1 fully saturated rings. The molecule has 0 bridgehead atoms. The van der Waals surface area contributed by atoms with E-state index in [1.54, 1.807) is 6.92 Å². The van der Waals surface area contributed by atoms with Crippen LogP contribution in [0.15, 0.2) is 17.1 Å². The van der Waals surface area contributed by atoms with Gasteiger partial charge in [-0.2, -0.15) is 4.98 Å². The Balaban J connectivity index is 2.25. The van der Waals surface area contributed by atoms with Crippen LogP contribution in [0.25, 0.3) is 0 Å². The summed E-state index contributed by atoms with van der Waals surface area (Å²) in [7, 11) is -2.95. The zero-order valence-electron chi connectivity index (χ0n) is 11.7. The topological polar surface area (TPSA) is 146 Å². The van der Waals surface area contributed by atoms with Gasteiger partial charge in [0, 0.05) is 17.4 Å². The Morgan fingerprint density at radius 1 is 1.59 bits per heavy atom. The van der Waals surface area contributed by atoms with Crippen molar-refractivity contribution in [2.45, 2.75) is 31.5 Å². The summed E-state index contributed by atoms with van der Waals surface area (Å²) in [6.45, 7) is 2.19. The number of aliphatic hydroxyl groups is 1. The SMILES string of the molecule is CCOC[C@H]1O[C@@H](n2ccc(N)nc2=O)[C@H](O)[C@@H]1O[P+](=O)O. The number of nitrogen functional groups attached to an aromatic ring is 1. The van der Waals surface area contributed by atoms with Crippen LogP contribution in [0.3, 0.4) is 0 Å². The largest absolute Gasteiger partial charge is 0.695 e. The molecule has 1 aromatic rings. The van der Waals surface area contributed by atoms with Crippen LogP contribution in [-0.2, 0) is 18.6 Å². The van der Waals surface area contributed by atoms with Crippen LogP contribution in [0.1, 0.15) is 13.2 Å². The van der Waals surface area contributed by atoms with Gasteiger partial charge in [-0.05, 0) is 13.0 Å². The second-order valence-electron chi connectivity index (χ2n) is 4.57. The Bertz CT molecular complexity index is 595. The van der Waals surface area contributed by atoms with E-state index >= 15 is 0 Å². The fourth-order valence-electron chi connectivity index (χ4n) is 2.17. The average molecular weight is 334 g/mol. The Labute approximate surface area is 126 Å². The molecule has 0 amide bonds. The van der Waals surface area contributed by atoms with Crippen molar-refractivity contribution < 1.29 is 28.6 Å². The Morgan fingerprint density at radius 2 is 2.32 bits per heavy atom. The number of nitrogens with zero attached hydrogens (tertiary/aromatic N) is 2. The molecule has 22 heavy (non-hydrogen) atoms. The van der Waals surface area contributed by atoms with Crippen molar-refractivity contribution in [2.75, 3.05) is 18.9 Å². The third kappa shape index (κ3) is 3.67. The fourth-order valence-corrected chi connectivity index (χ4v) is 2.64. The van der Waals surface area contributed by atoms with Crippen molar-refractivity contribution in [2.24, 2.45) is 0 Å². The van der Waals surface area contributed by atoms with Gasteiger partial charge in [-0.1, -0.05) is 0 Å². The standard InChI is InChI=1S/C11H16N3O7P/c1-2-19-5-6-9(21-22(17)18)8(15)10(20-6)14-4-3-7(12)13-11(14)16/h3-4,6,8-10,15H,2,5H2,1H3,(H2-,12,13,16,17,18)/p+1/t6-,8-,9-,10-/m1/s1.